The summed E-state index contributed by atoms with van der Waals surface area (Å²) < 4.78 is 10.9. The summed E-state index contributed by atoms with van der Waals surface area (Å²) >= 11 is 0. The molecule has 13 heavy (non-hydrogen) atoms. The van der Waals surface area contributed by atoms with Gasteiger partial charge in [0, 0.05) is 5.41 Å². The molecule has 2 bridgehead atoms. The van der Waals surface area contributed by atoms with E-state index in [0.717, 1.165) is 6.42 Å². The Hall–Kier alpha value is -0.570. The van der Waals surface area contributed by atoms with Crippen LogP contribution in [0.25, 0.3) is 0 Å². The Labute approximate surface area is 77.4 Å². The number of fused-ring (bicyclic) bond motifs is 3. The van der Waals surface area contributed by atoms with E-state index in [9.17, 15) is 4.79 Å². The van der Waals surface area contributed by atoms with Crippen LogP contribution >= 0.6 is 0 Å². The zero-order chi connectivity index (χ0) is 9.05. The molecule has 0 amide bonds. The summed E-state index contributed by atoms with van der Waals surface area (Å²) in [4.78, 5) is 11.1. The van der Waals surface area contributed by atoms with Gasteiger partial charge < -0.3 is 9.47 Å². The Morgan fingerprint density at radius 2 is 2.38 bits per heavy atom. The molecule has 4 unspecified atom stereocenters. The van der Waals surface area contributed by atoms with Gasteiger partial charge in [-0.2, -0.15) is 0 Å². The fourth-order valence-corrected chi connectivity index (χ4v) is 3.31. The van der Waals surface area contributed by atoms with Gasteiger partial charge in [0.15, 0.2) is 0 Å². The van der Waals surface area contributed by atoms with E-state index in [2.05, 4.69) is 6.92 Å². The summed E-state index contributed by atoms with van der Waals surface area (Å²) in [7, 11) is 0. The largest absolute Gasteiger partial charge is 0.465 e. The molecule has 0 aromatic rings. The fraction of sp³-hybridized carbons (Fsp3) is 0.900. The van der Waals surface area contributed by atoms with Crippen molar-refractivity contribution in [3.8, 4) is 0 Å². The first kappa shape index (κ1) is 7.80. The molecule has 3 aliphatic rings. The van der Waals surface area contributed by atoms with Crippen molar-refractivity contribution in [1.29, 1.82) is 0 Å². The maximum atomic E-state index is 11.1. The number of ether oxygens (including phenoxy) is 2. The van der Waals surface area contributed by atoms with Gasteiger partial charge in [0.25, 0.3) is 0 Å². The van der Waals surface area contributed by atoms with E-state index in [1.165, 1.54) is 6.42 Å². The second-order valence-corrected chi connectivity index (χ2v) is 4.80. The smallest absolute Gasteiger partial charge is 0.306 e. The molecule has 3 aliphatic heterocycles. The van der Waals surface area contributed by atoms with Crippen LogP contribution in [0.15, 0.2) is 0 Å². The lowest BCUT2D eigenvalue weighted by molar-refractivity contribution is -0.137. The highest BCUT2D eigenvalue weighted by Gasteiger charge is 2.59. The Bertz CT molecular complexity index is 263. The SMILES string of the molecule is CC1CC2CC3(COC(=O)C3)C1O2. The van der Waals surface area contributed by atoms with Crippen LogP contribution in [0.5, 0.6) is 0 Å². The molecule has 3 heteroatoms. The van der Waals surface area contributed by atoms with Gasteiger partial charge in [0.2, 0.25) is 0 Å². The molecule has 1 spiro atoms. The number of esters is 1. The van der Waals surface area contributed by atoms with Crippen LogP contribution in [0.4, 0.5) is 0 Å². The zero-order valence-electron chi connectivity index (χ0n) is 7.79. The van der Waals surface area contributed by atoms with Crippen LogP contribution in [-0.4, -0.2) is 24.8 Å². The number of hydrogen-bond acceptors (Lipinski definition) is 3. The minimum Gasteiger partial charge on any atom is -0.465 e. The van der Waals surface area contributed by atoms with E-state index in [1.54, 1.807) is 0 Å². The third kappa shape index (κ3) is 0.909. The highest BCUT2D eigenvalue weighted by molar-refractivity contribution is 5.72. The quantitative estimate of drug-likeness (QED) is 0.526. The Morgan fingerprint density at radius 3 is 2.92 bits per heavy atom. The van der Waals surface area contributed by atoms with E-state index in [0.29, 0.717) is 25.0 Å². The van der Waals surface area contributed by atoms with E-state index < -0.39 is 0 Å². The van der Waals surface area contributed by atoms with Crippen LogP contribution in [-0.2, 0) is 14.3 Å². The number of carbonyl (C=O) groups excluding carboxylic acids is 1. The first-order chi connectivity index (χ1) is 6.20. The normalized spacial score (nSPS) is 53.3. The molecule has 0 radical (unpaired) electrons. The highest BCUT2D eigenvalue weighted by Crippen LogP contribution is 2.54. The summed E-state index contributed by atoms with van der Waals surface area (Å²) in [6.45, 7) is 2.81. The zero-order valence-corrected chi connectivity index (χ0v) is 7.79. The average molecular weight is 182 g/mol. The van der Waals surface area contributed by atoms with Gasteiger partial charge in [0.1, 0.15) is 6.61 Å². The minimum absolute atomic E-state index is 0.0386. The molecule has 3 fully saturated rings. The third-order valence-electron chi connectivity index (χ3n) is 3.75. The molecule has 4 atom stereocenters. The lowest BCUT2D eigenvalue weighted by Gasteiger charge is -2.31. The molecule has 3 rings (SSSR count). The summed E-state index contributed by atoms with van der Waals surface area (Å²) in [5.74, 6) is 0.566. The summed E-state index contributed by atoms with van der Waals surface area (Å²) in [6.07, 6.45) is 3.46. The lowest BCUT2D eigenvalue weighted by Crippen LogP contribution is -2.37. The third-order valence-corrected chi connectivity index (χ3v) is 3.75. The second-order valence-electron chi connectivity index (χ2n) is 4.80. The van der Waals surface area contributed by atoms with Crippen molar-refractivity contribution in [1.82, 2.24) is 0 Å². The van der Waals surface area contributed by atoms with Crippen molar-refractivity contribution in [3.63, 3.8) is 0 Å². The van der Waals surface area contributed by atoms with E-state index in [1.807, 2.05) is 0 Å². The van der Waals surface area contributed by atoms with Gasteiger partial charge in [-0.25, -0.2) is 0 Å². The van der Waals surface area contributed by atoms with Crippen LogP contribution in [0, 0.1) is 11.3 Å². The van der Waals surface area contributed by atoms with Gasteiger partial charge in [-0.15, -0.1) is 0 Å². The molecule has 3 saturated heterocycles. The maximum absolute atomic E-state index is 11.1. The predicted octanol–water partition coefficient (Wildman–Crippen LogP) is 1.12. The predicted molar refractivity (Wildman–Crippen MR) is 45.1 cm³/mol. The standard InChI is InChI=1S/C10H14O3/c1-6-2-7-3-10(9(6)13-7)4-8(11)12-5-10/h6-7,9H,2-5H2,1H3. The average Bonchev–Trinajstić information content (AvgIpc) is 2.66. The van der Waals surface area contributed by atoms with Crippen molar-refractivity contribution in [2.24, 2.45) is 11.3 Å². The van der Waals surface area contributed by atoms with Crippen LogP contribution in [0.3, 0.4) is 0 Å². The van der Waals surface area contributed by atoms with Gasteiger partial charge >= 0.3 is 5.97 Å². The van der Waals surface area contributed by atoms with Crippen molar-refractivity contribution < 1.29 is 14.3 Å². The molecule has 3 heterocycles. The number of cyclic esters (lactones) is 1. The number of carbonyl (C=O) groups is 1. The van der Waals surface area contributed by atoms with Gasteiger partial charge in [-0.1, -0.05) is 6.92 Å². The molecule has 3 nitrogen and oxygen atoms in total. The summed E-state index contributed by atoms with van der Waals surface area (Å²) in [5, 5.41) is 0. The molecule has 0 aromatic carbocycles. The Kier molecular flexibility index (Phi) is 1.36. The van der Waals surface area contributed by atoms with Crippen LogP contribution in [0.1, 0.15) is 26.2 Å². The van der Waals surface area contributed by atoms with Crippen LogP contribution < -0.4 is 0 Å². The van der Waals surface area contributed by atoms with Crippen molar-refractivity contribution >= 4 is 5.97 Å². The van der Waals surface area contributed by atoms with E-state index in [-0.39, 0.29) is 17.5 Å². The molecule has 0 saturated carbocycles. The first-order valence-corrected chi connectivity index (χ1v) is 5.01. The summed E-state index contributed by atoms with van der Waals surface area (Å²) in [6, 6.07) is 0. The van der Waals surface area contributed by atoms with Crippen molar-refractivity contribution in [2.45, 2.75) is 38.4 Å². The molecule has 72 valence electrons. The Balaban J connectivity index is 1.90. The van der Waals surface area contributed by atoms with Gasteiger partial charge in [0.05, 0.1) is 18.6 Å². The van der Waals surface area contributed by atoms with Gasteiger partial charge in [-0.3, -0.25) is 4.79 Å². The Morgan fingerprint density at radius 1 is 1.54 bits per heavy atom. The minimum atomic E-state index is -0.0386. The molecule has 0 aromatic heterocycles. The number of hydrogen-bond donors (Lipinski definition) is 0. The monoisotopic (exact) mass is 182 g/mol. The van der Waals surface area contributed by atoms with Gasteiger partial charge in [-0.05, 0) is 18.8 Å². The molecule has 0 aliphatic carbocycles. The summed E-state index contributed by atoms with van der Waals surface area (Å²) in [5.41, 5.74) is 0.0550. The molecular formula is C10H14O3. The number of rotatable bonds is 0. The lowest BCUT2D eigenvalue weighted by atomic mass is 9.69. The maximum Gasteiger partial charge on any atom is 0.306 e. The molecule has 0 N–H and O–H groups in total. The fourth-order valence-electron chi connectivity index (χ4n) is 3.31. The van der Waals surface area contributed by atoms with Crippen molar-refractivity contribution in [3.05, 3.63) is 0 Å². The topological polar surface area (TPSA) is 35.5 Å². The second kappa shape index (κ2) is 2.27. The van der Waals surface area contributed by atoms with Crippen LogP contribution in [0.2, 0.25) is 0 Å². The highest BCUT2D eigenvalue weighted by atomic mass is 16.6. The first-order valence-electron chi connectivity index (χ1n) is 5.01. The molecular weight excluding hydrogens is 168 g/mol. The van der Waals surface area contributed by atoms with Crippen molar-refractivity contribution in [2.75, 3.05) is 6.61 Å². The van der Waals surface area contributed by atoms with E-state index in [4.69, 9.17) is 9.47 Å². The van der Waals surface area contributed by atoms with E-state index >= 15 is 0 Å².